The molecule has 3 N–H and O–H groups in total. The predicted octanol–water partition coefficient (Wildman–Crippen LogP) is 0.402. The molecular formula is C16H20N4O3. The molecule has 1 aromatic rings. The molecule has 1 saturated heterocycles. The summed E-state index contributed by atoms with van der Waals surface area (Å²) in [6.07, 6.45) is 2.25. The number of nitrogens with one attached hydrogen (secondary N) is 1. The number of carbonyl (C=O) groups is 2. The number of hydrazone groups is 1. The highest BCUT2D eigenvalue weighted by atomic mass is 16.5. The molecule has 2 atom stereocenters. The molecular weight excluding hydrogens is 296 g/mol. The van der Waals surface area contributed by atoms with Crippen molar-refractivity contribution in [3.8, 4) is 0 Å². The molecule has 0 saturated carbocycles. The Morgan fingerprint density at radius 3 is 2.78 bits per heavy atom. The number of para-hydroxylation sites is 1. The maximum atomic E-state index is 12.3. The number of ether oxygens (including phenoxy) is 1. The van der Waals surface area contributed by atoms with E-state index in [4.69, 9.17) is 10.5 Å². The lowest BCUT2D eigenvalue weighted by Crippen LogP contribution is -2.40. The highest BCUT2D eigenvalue weighted by molar-refractivity contribution is 6.40. The molecule has 0 unspecified atom stereocenters. The molecule has 0 bridgehead atoms. The van der Waals surface area contributed by atoms with Crippen molar-refractivity contribution >= 4 is 23.2 Å². The molecule has 7 heteroatoms. The third-order valence-corrected chi connectivity index (χ3v) is 4.04. The summed E-state index contributed by atoms with van der Waals surface area (Å²) in [5.41, 5.74) is 6.51. The van der Waals surface area contributed by atoms with Crippen molar-refractivity contribution in [2.75, 3.05) is 18.2 Å². The van der Waals surface area contributed by atoms with E-state index >= 15 is 0 Å². The Hall–Kier alpha value is -2.41. The smallest absolute Gasteiger partial charge is 0.267 e. The molecule has 0 aliphatic carbocycles. The van der Waals surface area contributed by atoms with Gasteiger partial charge < -0.3 is 15.8 Å². The van der Waals surface area contributed by atoms with Crippen LogP contribution in [-0.2, 0) is 14.3 Å². The molecule has 2 aliphatic heterocycles. The number of primary amides is 1. The van der Waals surface area contributed by atoms with Crippen LogP contribution in [0, 0.1) is 0 Å². The van der Waals surface area contributed by atoms with E-state index in [0.717, 1.165) is 25.1 Å². The number of amides is 2. The summed E-state index contributed by atoms with van der Waals surface area (Å²) in [7, 11) is 0. The molecule has 2 heterocycles. The van der Waals surface area contributed by atoms with Gasteiger partial charge in [0.1, 0.15) is 11.8 Å². The number of nitrogens with zero attached hydrogens (tertiary/aromatic N) is 2. The number of hydrogen-bond donors (Lipinski definition) is 2. The molecule has 2 aliphatic rings. The topological polar surface area (TPSA) is 97.0 Å². The molecule has 0 spiro atoms. The largest absolute Gasteiger partial charge is 0.376 e. The van der Waals surface area contributed by atoms with E-state index in [-0.39, 0.29) is 18.4 Å². The van der Waals surface area contributed by atoms with Crippen molar-refractivity contribution < 1.29 is 14.3 Å². The van der Waals surface area contributed by atoms with Crippen molar-refractivity contribution in [3.63, 3.8) is 0 Å². The number of rotatable bonds is 5. The van der Waals surface area contributed by atoms with Crippen LogP contribution in [0.4, 0.5) is 5.69 Å². The lowest BCUT2D eigenvalue weighted by Gasteiger charge is -2.20. The first-order valence-electron chi connectivity index (χ1n) is 7.76. The van der Waals surface area contributed by atoms with Crippen molar-refractivity contribution in [2.24, 2.45) is 10.8 Å². The lowest BCUT2D eigenvalue weighted by atomic mass is 10.1. The second-order valence-electron chi connectivity index (χ2n) is 5.69. The van der Waals surface area contributed by atoms with Crippen LogP contribution < -0.4 is 16.1 Å². The van der Waals surface area contributed by atoms with Crippen molar-refractivity contribution in [1.29, 1.82) is 0 Å². The van der Waals surface area contributed by atoms with Crippen LogP contribution in [0.1, 0.15) is 19.3 Å². The van der Waals surface area contributed by atoms with E-state index in [2.05, 4.69) is 10.4 Å². The fourth-order valence-corrected chi connectivity index (χ4v) is 2.80. The van der Waals surface area contributed by atoms with Crippen molar-refractivity contribution in [1.82, 2.24) is 5.32 Å². The zero-order valence-electron chi connectivity index (χ0n) is 12.8. The summed E-state index contributed by atoms with van der Waals surface area (Å²) in [6.45, 7) is 1.21. The van der Waals surface area contributed by atoms with Gasteiger partial charge in [0.15, 0.2) is 0 Å². The first-order chi connectivity index (χ1) is 11.1. The number of benzene rings is 1. The van der Waals surface area contributed by atoms with Gasteiger partial charge in [-0.05, 0) is 25.0 Å². The minimum Gasteiger partial charge on any atom is -0.376 e. The molecule has 1 aromatic carbocycles. The summed E-state index contributed by atoms with van der Waals surface area (Å²) in [5.74, 6) is -0.773. The third-order valence-electron chi connectivity index (χ3n) is 4.04. The molecule has 23 heavy (non-hydrogen) atoms. The standard InChI is InChI=1S/C16H20N4O3/c17-15(21)14-9-13(16(22)18-10-12-7-4-8-23-12)19-20(14)11-5-2-1-3-6-11/h1-3,5-6,12,14H,4,7-10H2,(H2,17,21)(H,18,22)/t12-,14+/m1/s1. The van der Waals surface area contributed by atoms with Crippen LogP contribution in [0.5, 0.6) is 0 Å². The number of carbonyl (C=O) groups excluding carboxylic acids is 2. The SMILES string of the molecule is NC(=O)[C@@H]1CC(C(=O)NC[C@H]2CCCO2)=NN1c1ccccc1. The van der Waals surface area contributed by atoms with Gasteiger partial charge in [0.05, 0.1) is 11.8 Å². The van der Waals surface area contributed by atoms with Gasteiger partial charge in [0.25, 0.3) is 5.91 Å². The van der Waals surface area contributed by atoms with Gasteiger partial charge in [-0.2, -0.15) is 5.10 Å². The molecule has 1 fully saturated rings. The lowest BCUT2D eigenvalue weighted by molar-refractivity contribution is -0.119. The van der Waals surface area contributed by atoms with Gasteiger partial charge in [-0.25, -0.2) is 0 Å². The zero-order chi connectivity index (χ0) is 16.2. The van der Waals surface area contributed by atoms with Gasteiger partial charge in [-0.15, -0.1) is 0 Å². The van der Waals surface area contributed by atoms with E-state index in [1.54, 1.807) is 0 Å². The zero-order valence-corrected chi connectivity index (χ0v) is 12.8. The molecule has 0 radical (unpaired) electrons. The normalized spacial score (nSPS) is 23.7. The predicted molar refractivity (Wildman–Crippen MR) is 85.9 cm³/mol. The highest BCUT2D eigenvalue weighted by Crippen LogP contribution is 2.24. The molecule has 122 valence electrons. The van der Waals surface area contributed by atoms with E-state index in [9.17, 15) is 9.59 Å². The van der Waals surface area contributed by atoms with Crippen LogP contribution in [-0.4, -0.2) is 42.8 Å². The van der Waals surface area contributed by atoms with Crippen LogP contribution >= 0.6 is 0 Å². The first-order valence-corrected chi connectivity index (χ1v) is 7.76. The summed E-state index contributed by atoms with van der Waals surface area (Å²) < 4.78 is 5.48. The maximum Gasteiger partial charge on any atom is 0.267 e. The number of anilines is 1. The first kappa shape index (κ1) is 15.5. The Balaban J connectivity index is 1.69. The summed E-state index contributed by atoms with van der Waals surface area (Å²) in [5, 5.41) is 8.64. The van der Waals surface area contributed by atoms with Crippen LogP contribution in [0.15, 0.2) is 35.4 Å². The minimum absolute atomic E-state index is 0.0677. The second-order valence-corrected chi connectivity index (χ2v) is 5.69. The molecule has 3 rings (SSSR count). The van der Waals surface area contributed by atoms with Gasteiger partial charge >= 0.3 is 0 Å². The van der Waals surface area contributed by atoms with Crippen LogP contribution in [0.3, 0.4) is 0 Å². The fraction of sp³-hybridized carbons (Fsp3) is 0.438. The summed E-state index contributed by atoms with van der Waals surface area (Å²) >= 11 is 0. The van der Waals surface area contributed by atoms with Crippen LogP contribution in [0.2, 0.25) is 0 Å². The third kappa shape index (κ3) is 3.50. The van der Waals surface area contributed by atoms with E-state index < -0.39 is 11.9 Å². The van der Waals surface area contributed by atoms with E-state index in [1.807, 2.05) is 30.3 Å². The van der Waals surface area contributed by atoms with Gasteiger partial charge in [-0.1, -0.05) is 18.2 Å². The fourth-order valence-electron chi connectivity index (χ4n) is 2.80. The highest BCUT2D eigenvalue weighted by Gasteiger charge is 2.35. The second kappa shape index (κ2) is 6.78. The number of hydrogen-bond acceptors (Lipinski definition) is 5. The Labute approximate surface area is 134 Å². The molecule has 2 amide bonds. The Morgan fingerprint density at radius 1 is 1.35 bits per heavy atom. The van der Waals surface area contributed by atoms with Crippen molar-refractivity contribution in [2.45, 2.75) is 31.4 Å². The van der Waals surface area contributed by atoms with Gasteiger partial charge in [0.2, 0.25) is 5.91 Å². The molecule has 0 aromatic heterocycles. The summed E-state index contributed by atoms with van der Waals surface area (Å²) in [6, 6.07) is 8.58. The van der Waals surface area contributed by atoms with Crippen molar-refractivity contribution in [3.05, 3.63) is 30.3 Å². The Kier molecular flexibility index (Phi) is 4.57. The average molecular weight is 316 g/mol. The maximum absolute atomic E-state index is 12.3. The quantitative estimate of drug-likeness (QED) is 0.822. The van der Waals surface area contributed by atoms with E-state index in [0.29, 0.717) is 12.3 Å². The Bertz CT molecular complexity index is 611. The minimum atomic E-state index is -0.638. The van der Waals surface area contributed by atoms with Gasteiger partial charge in [0, 0.05) is 19.6 Å². The van der Waals surface area contributed by atoms with Gasteiger partial charge in [-0.3, -0.25) is 14.6 Å². The number of nitrogens with two attached hydrogens (primary N) is 1. The Morgan fingerprint density at radius 2 is 2.13 bits per heavy atom. The van der Waals surface area contributed by atoms with Crippen LogP contribution in [0.25, 0.3) is 0 Å². The molecule has 7 nitrogen and oxygen atoms in total. The van der Waals surface area contributed by atoms with E-state index in [1.165, 1.54) is 5.01 Å². The average Bonchev–Trinajstić information content (AvgIpc) is 3.23. The summed E-state index contributed by atoms with van der Waals surface area (Å²) in [4.78, 5) is 23.9. The monoisotopic (exact) mass is 316 g/mol.